The molecule has 1 aromatic rings. The molecular weight excluding hydrogens is 479 g/mol. The fraction of sp³-hybridized carbons (Fsp3) is 0.696. The van der Waals surface area contributed by atoms with E-state index in [2.05, 4.69) is 15.6 Å². The Kier molecular flexibility index (Phi) is 10.1. The van der Waals surface area contributed by atoms with Crippen molar-refractivity contribution in [3.8, 4) is 0 Å². The Bertz CT molecular complexity index is 1010. The Hall–Kier alpha value is -2.90. The molecule has 0 aliphatic carbocycles. The van der Waals surface area contributed by atoms with Crippen molar-refractivity contribution in [1.29, 1.82) is 0 Å². The van der Waals surface area contributed by atoms with E-state index in [-0.39, 0.29) is 12.2 Å². The SMILES string of the molecule is CC(=O)CCCCCC(NC(=O)OC(C)(C)C)C(=O)Nc1nc(=O)n([C@@H]2O[C@H](C)C(O)[C@@H]2O)cc1F. The van der Waals surface area contributed by atoms with Crippen LogP contribution in [0.5, 0.6) is 0 Å². The van der Waals surface area contributed by atoms with Crippen LogP contribution in [0.4, 0.5) is 15.0 Å². The number of carbonyl (C=O) groups excluding carboxylic acids is 3. The van der Waals surface area contributed by atoms with E-state index in [1.165, 1.54) is 13.8 Å². The number of hydrogen-bond acceptors (Lipinski definition) is 9. The predicted molar refractivity (Wildman–Crippen MR) is 126 cm³/mol. The maximum Gasteiger partial charge on any atom is 0.408 e. The molecule has 1 saturated heterocycles. The molecule has 202 valence electrons. The number of halogens is 1. The summed E-state index contributed by atoms with van der Waals surface area (Å²) in [6.07, 6.45) is -2.77. The van der Waals surface area contributed by atoms with Crippen LogP contribution in [-0.4, -0.2) is 67.5 Å². The number of rotatable bonds is 10. The average molecular weight is 515 g/mol. The zero-order valence-electron chi connectivity index (χ0n) is 21.1. The first-order valence-electron chi connectivity index (χ1n) is 11.8. The minimum absolute atomic E-state index is 0.0481. The number of aliphatic hydroxyl groups is 2. The van der Waals surface area contributed by atoms with Gasteiger partial charge in [-0.05, 0) is 47.5 Å². The van der Waals surface area contributed by atoms with Crippen molar-refractivity contribution in [1.82, 2.24) is 14.9 Å². The molecule has 0 aromatic carbocycles. The zero-order chi connectivity index (χ0) is 27.2. The monoisotopic (exact) mass is 514 g/mol. The lowest BCUT2D eigenvalue weighted by Crippen LogP contribution is -2.46. The minimum atomic E-state index is -1.48. The van der Waals surface area contributed by atoms with Crippen molar-refractivity contribution >= 4 is 23.6 Å². The van der Waals surface area contributed by atoms with Gasteiger partial charge in [0, 0.05) is 6.42 Å². The van der Waals surface area contributed by atoms with Crippen LogP contribution in [0.1, 0.15) is 73.0 Å². The van der Waals surface area contributed by atoms with E-state index < -0.39 is 65.5 Å². The molecule has 2 unspecified atom stereocenters. The van der Waals surface area contributed by atoms with Gasteiger partial charge in [0.2, 0.25) is 5.91 Å². The van der Waals surface area contributed by atoms with Crippen LogP contribution in [0, 0.1) is 5.82 Å². The van der Waals surface area contributed by atoms with E-state index in [1.54, 1.807) is 20.8 Å². The molecule has 2 heterocycles. The number of aliphatic hydroxyl groups excluding tert-OH is 2. The number of nitrogens with zero attached hydrogens (tertiary/aromatic N) is 2. The van der Waals surface area contributed by atoms with Crippen molar-refractivity contribution in [2.24, 2.45) is 0 Å². The first kappa shape index (κ1) is 29.3. The summed E-state index contributed by atoms with van der Waals surface area (Å²) in [7, 11) is 0. The van der Waals surface area contributed by atoms with E-state index >= 15 is 0 Å². The van der Waals surface area contributed by atoms with Gasteiger partial charge in [-0.2, -0.15) is 4.98 Å². The van der Waals surface area contributed by atoms with Crippen molar-refractivity contribution in [2.75, 3.05) is 5.32 Å². The molecular formula is C23H35FN4O8. The highest BCUT2D eigenvalue weighted by Crippen LogP contribution is 2.28. The summed E-state index contributed by atoms with van der Waals surface area (Å²) in [5.41, 5.74) is -1.85. The van der Waals surface area contributed by atoms with Crippen LogP contribution in [0.2, 0.25) is 0 Å². The third-order valence-electron chi connectivity index (χ3n) is 5.43. The van der Waals surface area contributed by atoms with Gasteiger partial charge in [0.05, 0.1) is 12.3 Å². The molecule has 1 fully saturated rings. The lowest BCUT2D eigenvalue weighted by Gasteiger charge is -2.23. The van der Waals surface area contributed by atoms with Gasteiger partial charge < -0.3 is 35.1 Å². The van der Waals surface area contributed by atoms with Crippen LogP contribution in [0.15, 0.2) is 11.0 Å². The number of ether oxygens (including phenoxy) is 2. The summed E-state index contributed by atoms with van der Waals surface area (Å²) < 4.78 is 26.0. The number of carbonyl (C=O) groups is 3. The smallest absolute Gasteiger partial charge is 0.408 e. The molecule has 1 aliphatic rings. The molecule has 4 N–H and O–H groups in total. The van der Waals surface area contributed by atoms with Gasteiger partial charge >= 0.3 is 11.8 Å². The molecule has 13 heteroatoms. The normalized spacial score (nSPS) is 22.7. The van der Waals surface area contributed by atoms with Gasteiger partial charge in [0.1, 0.15) is 29.6 Å². The van der Waals surface area contributed by atoms with E-state index in [9.17, 15) is 33.8 Å². The quantitative estimate of drug-likeness (QED) is 0.337. The molecule has 5 atom stereocenters. The van der Waals surface area contributed by atoms with Crippen molar-refractivity contribution in [3.05, 3.63) is 22.5 Å². The van der Waals surface area contributed by atoms with Gasteiger partial charge in [0.25, 0.3) is 0 Å². The topological polar surface area (TPSA) is 169 Å². The number of aromatic nitrogens is 2. The van der Waals surface area contributed by atoms with Gasteiger partial charge in [-0.15, -0.1) is 0 Å². The summed E-state index contributed by atoms with van der Waals surface area (Å²) in [4.78, 5) is 52.2. The number of ketones is 1. The molecule has 0 saturated carbocycles. The highest BCUT2D eigenvalue weighted by atomic mass is 19.1. The second kappa shape index (κ2) is 12.4. The Balaban J connectivity index is 2.15. The van der Waals surface area contributed by atoms with Gasteiger partial charge in [0.15, 0.2) is 17.9 Å². The Labute approximate surface area is 208 Å². The average Bonchev–Trinajstić information content (AvgIpc) is 3.00. The Morgan fingerprint density at radius 2 is 1.89 bits per heavy atom. The van der Waals surface area contributed by atoms with E-state index in [4.69, 9.17) is 9.47 Å². The fourth-order valence-corrected chi connectivity index (χ4v) is 3.59. The number of alkyl carbamates (subject to hydrolysis) is 1. The highest BCUT2D eigenvalue weighted by Gasteiger charge is 2.42. The summed E-state index contributed by atoms with van der Waals surface area (Å²) >= 11 is 0. The maximum atomic E-state index is 14.8. The molecule has 36 heavy (non-hydrogen) atoms. The van der Waals surface area contributed by atoms with Gasteiger partial charge in [-0.3, -0.25) is 9.36 Å². The van der Waals surface area contributed by atoms with Crippen LogP contribution in [0.3, 0.4) is 0 Å². The third kappa shape index (κ3) is 8.35. The maximum absolute atomic E-state index is 14.8. The second-order valence-electron chi connectivity index (χ2n) is 9.83. The summed E-state index contributed by atoms with van der Waals surface area (Å²) in [6, 6.07) is -1.13. The molecule has 1 aliphatic heterocycles. The van der Waals surface area contributed by atoms with Crippen molar-refractivity contribution in [2.45, 2.75) is 103 Å². The molecule has 2 rings (SSSR count). The predicted octanol–water partition coefficient (Wildman–Crippen LogP) is 1.39. The Morgan fingerprint density at radius 1 is 1.22 bits per heavy atom. The number of nitrogens with one attached hydrogen (secondary N) is 2. The molecule has 0 spiro atoms. The lowest BCUT2D eigenvalue weighted by molar-refractivity contribution is -0.119. The van der Waals surface area contributed by atoms with E-state index in [0.29, 0.717) is 36.4 Å². The summed E-state index contributed by atoms with van der Waals surface area (Å²) in [5, 5.41) is 24.6. The van der Waals surface area contributed by atoms with Crippen LogP contribution < -0.4 is 16.3 Å². The van der Waals surface area contributed by atoms with E-state index in [0.717, 1.165) is 0 Å². The Morgan fingerprint density at radius 3 is 2.44 bits per heavy atom. The van der Waals surface area contributed by atoms with Crippen molar-refractivity contribution in [3.63, 3.8) is 0 Å². The first-order chi connectivity index (χ1) is 16.7. The summed E-state index contributed by atoms with van der Waals surface area (Å²) in [6.45, 7) is 7.93. The van der Waals surface area contributed by atoms with Crippen LogP contribution in [0.25, 0.3) is 0 Å². The zero-order valence-corrected chi connectivity index (χ0v) is 21.1. The van der Waals surface area contributed by atoms with Crippen LogP contribution in [-0.2, 0) is 19.1 Å². The second-order valence-corrected chi connectivity index (χ2v) is 9.83. The molecule has 0 radical (unpaired) electrons. The highest BCUT2D eigenvalue weighted by molar-refractivity contribution is 5.95. The third-order valence-corrected chi connectivity index (χ3v) is 5.43. The summed E-state index contributed by atoms with van der Waals surface area (Å²) in [5.74, 6) is -2.54. The number of Topliss-reactive ketones (excluding diaryl/α,β-unsaturated/α-hetero) is 1. The van der Waals surface area contributed by atoms with Crippen molar-refractivity contribution < 1.29 is 38.5 Å². The lowest BCUT2D eigenvalue weighted by atomic mass is 10.1. The molecule has 0 bridgehead atoms. The molecule has 1 aromatic heterocycles. The first-order valence-corrected chi connectivity index (χ1v) is 11.8. The minimum Gasteiger partial charge on any atom is -0.444 e. The van der Waals surface area contributed by atoms with E-state index in [1.807, 2.05) is 0 Å². The largest absolute Gasteiger partial charge is 0.444 e. The van der Waals surface area contributed by atoms with Gasteiger partial charge in [-0.1, -0.05) is 12.8 Å². The number of amides is 2. The fourth-order valence-electron chi connectivity index (χ4n) is 3.59. The van der Waals surface area contributed by atoms with Crippen LogP contribution >= 0.6 is 0 Å². The van der Waals surface area contributed by atoms with Gasteiger partial charge in [-0.25, -0.2) is 14.0 Å². The molecule has 2 amide bonds. The molecule has 12 nitrogen and oxygen atoms in total. The number of hydrogen-bond donors (Lipinski definition) is 4. The number of anilines is 1. The standard InChI is InChI=1S/C23H35FN4O8/c1-12(29)9-7-6-8-10-15(25-22(34)36-23(3,4)5)19(32)26-18-14(24)11-28(21(33)27-18)20-17(31)16(30)13(2)35-20/h11,13,15-17,20,30-31H,6-10H2,1-5H3,(H,25,34)(H,26,27,32,33)/t13-,15?,16?,17+,20-/m1/s1. The number of unbranched alkanes of at least 4 members (excludes halogenated alkanes) is 2.